The number of ether oxygens (including phenoxy) is 2. The van der Waals surface area contributed by atoms with Crippen LogP contribution in [0.25, 0.3) is 44.6 Å². The Bertz CT molecular complexity index is 2990. The second kappa shape index (κ2) is 20.3. The molecule has 2 saturated carbocycles. The van der Waals surface area contributed by atoms with Crippen molar-refractivity contribution < 1.29 is 37.7 Å². The number of aliphatic hydroxyl groups is 2. The number of esters is 1. The first kappa shape index (κ1) is 47.1. The SMILES string of the molecule is CCCSc1nc(N[C@@H]2C[C@H]2c2ccc(F)c(F)c2)c2nnn([C@@H]3C[C@H](OCCOC(=O)c4ccccc4-c4c5ccc(=[N+](CC)CC)cc-5oc5cc(N(CC)CC)ccc45)[C@@H](O)[C@H]3O)c2n1. The van der Waals surface area contributed by atoms with Gasteiger partial charge in [-0.25, -0.2) is 32.8 Å². The molecule has 17 heteroatoms. The number of aliphatic hydroxyl groups excluding tert-OH is 2. The van der Waals surface area contributed by atoms with Crippen LogP contribution in [0.5, 0.6) is 0 Å². The van der Waals surface area contributed by atoms with E-state index in [9.17, 15) is 23.8 Å². The maximum absolute atomic E-state index is 14.0. The number of fused-ring (bicyclic) bond motifs is 3. The Labute approximate surface area is 397 Å². The first-order chi connectivity index (χ1) is 33.0. The third kappa shape index (κ3) is 9.28. The van der Waals surface area contributed by atoms with Crippen LogP contribution < -0.4 is 20.1 Å². The molecule has 2 aromatic heterocycles. The van der Waals surface area contributed by atoms with E-state index < -0.39 is 42.0 Å². The van der Waals surface area contributed by atoms with Gasteiger partial charge in [-0.05, 0) is 88.1 Å². The number of carbonyl (C=O) groups is 1. The van der Waals surface area contributed by atoms with Crippen molar-refractivity contribution in [2.45, 2.75) is 95.4 Å². The molecule has 6 atom stereocenters. The Morgan fingerprint density at radius 3 is 2.49 bits per heavy atom. The van der Waals surface area contributed by atoms with Crippen molar-refractivity contribution >= 4 is 51.4 Å². The molecule has 3 aromatic carbocycles. The summed E-state index contributed by atoms with van der Waals surface area (Å²) in [5.74, 6) is -0.460. The standard InChI is InChI=1S/C51H56F2N8O6S/c1-6-23-68-51-55-48(54-39-27-36(39)29-15-20-37(52)38(53)24-29)45-49(56-51)61(58-57-45)40-28-43(47(63)46(40)62)65-21-22-66-50(64)33-14-12-11-13-32(33)44-34-18-16-30(59(7-2)8-3)25-41(34)67-42-26-31(17-19-35(42)44)60(9-4)10-5/h11-20,24-26,36,39-40,43,46-47,62-63H,6-10,21-23,27-28H2,1-5H3/p+1/t36-,39+,40+,43-,46-,47+/m0/s1. The third-order valence-corrected chi connectivity index (χ3v) is 14.2. The van der Waals surface area contributed by atoms with Crippen LogP contribution in [0.15, 0.2) is 88.4 Å². The number of hydrogen-bond donors (Lipinski definition) is 3. The Hall–Kier alpha value is -6.01. The second-order valence-electron chi connectivity index (χ2n) is 17.2. The number of carbonyl (C=O) groups excluding carboxylic acids is 1. The molecule has 356 valence electrons. The molecule has 0 saturated heterocycles. The minimum atomic E-state index is -1.28. The minimum Gasteiger partial charge on any atom is -0.460 e. The summed E-state index contributed by atoms with van der Waals surface area (Å²) in [5.41, 5.74) is 5.98. The van der Waals surface area contributed by atoms with Crippen molar-refractivity contribution in [2.24, 2.45) is 0 Å². The lowest BCUT2D eigenvalue weighted by Crippen LogP contribution is -2.33. The average molecular weight is 948 g/mol. The summed E-state index contributed by atoms with van der Waals surface area (Å²) in [4.78, 5) is 25.8. The van der Waals surface area contributed by atoms with Gasteiger partial charge in [0.1, 0.15) is 43.2 Å². The van der Waals surface area contributed by atoms with Crippen molar-refractivity contribution in [3.8, 4) is 22.5 Å². The zero-order valence-corrected chi connectivity index (χ0v) is 39.7. The number of thioether (sulfide) groups is 1. The summed E-state index contributed by atoms with van der Waals surface area (Å²) in [7, 11) is 0. The number of nitrogens with zero attached hydrogens (tertiary/aromatic N) is 7. The highest BCUT2D eigenvalue weighted by Gasteiger charge is 2.45. The number of halogens is 2. The molecule has 3 aliphatic carbocycles. The summed E-state index contributed by atoms with van der Waals surface area (Å²) in [6, 6.07) is 22.9. The van der Waals surface area contributed by atoms with Crippen molar-refractivity contribution in [3.63, 3.8) is 0 Å². The van der Waals surface area contributed by atoms with Crippen molar-refractivity contribution in [3.05, 3.63) is 107 Å². The van der Waals surface area contributed by atoms with Crippen molar-refractivity contribution in [1.29, 1.82) is 0 Å². The molecule has 0 bridgehead atoms. The Morgan fingerprint density at radius 2 is 1.72 bits per heavy atom. The van der Waals surface area contributed by atoms with Gasteiger partial charge in [-0.15, -0.1) is 5.10 Å². The van der Waals surface area contributed by atoms with E-state index in [1.54, 1.807) is 12.1 Å². The highest BCUT2D eigenvalue weighted by Crippen LogP contribution is 2.45. The van der Waals surface area contributed by atoms with E-state index in [0.29, 0.717) is 56.6 Å². The van der Waals surface area contributed by atoms with Crippen molar-refractivity contribution in [2.75, 3.05) is 55.4 Å². The van der Waals surface area contributed by atoms with Gasteiger partial charge in [0.2, 0.25) is 5.36 Å². The maximum atomic E-state index is 14.0. The van der Waals surface area contributed by atoms with Gasteiger partial charge in [0.05, 0.1) is 30.4 Å². The molecule has 5 aromatic rings. The van der Waals surface area contributed by atoms with Gasteiger partial charge < -0.3 is 34.3 Å². The highest BCUT2D eigenvalue weighted by atomic mass is 32.2. The van der Waals surface area contributed by atoms with Crippen LogP contribution in [0, 0.1) is 11.6 Å². The molecule has 0 unspecified atom stereocenters. The van der Waals surface area contributed by atoms with Crippen LogP contribution in [0.1, 0.15) is 81.8 Å². The summed E-state index contributed by atoms with van der Waals surface area (Å²) in [6.07, 6.45) is -1.62. The van der Waals surface area contributed by atoms with Gasteiger partial charge >= 0.3 is 5.97 Å². The Balaban J connectivity index is 0.916. The van der Waals surface area contributed by atoms with E-state index in [-0.39, 0.29) is 31.6 Å². The first-order valence-corrected chi connectivity index (χ1v) is 24.6. The first-order valence-electron chi connectivity index (χ1n) is 23.6. The fourth-order valence-electron chi connectivity index (χ4n) is 9.43. The van der Waals surface area contributed by atoms with Crippen LogP contribution in [0.3, 0.4) is 0 Å². The predicted octanol–water partition coefficient (Wildman–Crippen LogP) is 8.05. The molecule has 1 aliphatic heterocycles. The molecule has 3 N–H and O–H groups in total. The maximum Gasteiger partial charge on any atom is 0.338 e. The minimum absolute atomic E-state index is 0.0416. The lowest BCUT2D eigenvalue weighted by molar-refractivity contribution is -0.0648. The smallest absolute Gasteiger partial charge is 0.338 e. The monoisotopic (exact) mass is 947 g/mol. The lowest BCUT2D eigenvalue weighted by Gasteiger charge is -2.22. The number of rotatable bonds is 18. The largest absolute Gasteiger partial charge is 0.460 e. The molecule has 68 heavy (non-hydrogen) atoms. The summed E-state index contributed by atoms with van der Waals surface area (Å²) < 4.78 is 50.1. The molecular formula is C51H57F2N8O6S+. The molecule has 4 aliphatic rings. The number of anilines is 2. The zero-order chi connectivity index (χ0) is 47.6. The lowest BCUT2D eigenvalue weighted by atomic mass is 9.90. The summed E-state index contributed by atoms with van der Waals surface area (Å²) >= 11 is 1.47. The average Bonchev–Trinajstić information content (AvgIpc) is 3.90. The van der Waals surface area contributed by atoms with Gasteiger partial charge in [0, 0.05) is 71.6 Å². The van der Waals surface area contributed by atoms with Gasteiger partial charge in [-0.3, -0.25) is 0 Å². The van der Waals surface area contributed by atoms with Crippen molar-refractivity contribution in [1.82, 2.24) is 29.5 Å². The molecule has 0 amide bonds. The van der Waals surface area contributed by atoms with Crippen LogP contribution >= 0.6 is 11.8 Å². The Morgan fingerprint density at radius 1 is 0.912 bits per heavy atom. The van der Waals surface area contributed by atoms with E-state index in [0.717, 1.165) is 72.0 Å². The molecule has 9 rings (SSSR count). The van der Waals surface area contributed by atoms with Crippen LogP contribution in [0.2, 0.25) is 0 Å². The predicted molar refractivity (Wildman–Crippen MR) is 259 cm³/mol. The number of nitrogens with one attached hydrogen (secondary N) is 1. The van der Waals surface area contributed by atoms with E-state index in [1.807, 2.05) is 18.2 Å². The van der Waals surface area contributed by atoms with Crippen LogP contribution in [-0.4, -0.2) is 111 Å². The molecule has 3 heterocycles. The second-order valence-corrected chi connectivity index (χ2v) is 18.3. The fraction of sp³-hybridized carbons (Fsp3) is 0.412. The summed E-state index contributed by atoms with van der Waals surface area (Å²) in [5, 5.41) is 37.2. The fourth-order valence-corrected chi connectivity index (χ4v) is 10.1. The summed E-state index contributed by atoms with van der Waals surface area (Å²) in [6.45, 7) is 13.8. The quantitative estimate of drug-likeness (QED) is 0.0189. The molecular weight excluding hydrogens is 891 g/mol. The van der Waals surface area contributed by atoms with E-state index in [2.05, 4.69) is 96.1 Å². The van der Waals surface area contributed by atoms with Gasteiger partial charge in [-0.2, -0.15) is 0 Å². The van der Waals surface area contributed by atoms with Gasteiger partial charge in [-0.1, -0.05) is 48.2 Å². The van der Waals surface area contributed by atoms with Gasteiger partial charge in [0.15, 0.2) is 33.8 Å². The molecule has 2 fully saturated rings. The van der Waals surface area contributed by atoms with E-state index in [4.69, 9.17) is 23.9 Å². The van der Waals surface area contributed by atoms with Gasteiger partial charge in [0.25, 0.3) is 0 Å². The number of aromatic nitrogens is 5. The topological polar surface area (TPSA) is 164 Å². The van der Waals surface area contributed by atoms with E-state index >= 15 is 0 Å². The van der Waals surface area contributed by atoms with E-state index in [1.165, 1.54) is 22.5 Å². The third-order valence-electron chi connectivity index (χ3n) is 13.1. The van der Waals surface area contributed by atoms with Crippen LogP contribution in [0.4, 0.5) is 20.3 Å². The molecule has 0 radical (unpaired) electrons. The zero-order valence-electron chi connectivity index (χ0n) is 38.9. The normalized spacial score (nSPS) is 20.1. The number of benzene rings is 4. The Kier molecular flexibility index (Phi) is 14.1. The van der Waals surface area contributed by atoms with Crippen LogP contribution in [-0.2, 0) is 9.47 Å². The molecule has 0 spiro atoms. The highest BCUT2D eigenvalue weighted by molar-refractivity contribution is 7.99. The number of hydrogen-bond acceptors (Lipinski definition) is 13. The molecule has 14 nitrogen and oxygen atoms in total.